The van der Waals surface area contributed by atoms with Crippen LogP contribution in [0.2, 0.25) is 0 Å². The van der Waals surface area contributed by atoms with Crippen LogP contribution in [0.5, 0.6) is 0 Å². The Bertz CT molecular complexity index is 322. The minimum atomic E-state index is 0.0983. The molecule has 2 heterocycles. The van der Waals surface area contributed by atoms with Crippen LogP contribution < -0.4 is 5.32 Å². The molecule has 1 amide bonds. The first-order valence-electron chi connectivity index (χ1n) is 8.49. The van der Waals surface area contributed by atoms with Gasteiger partial charge in [0, 0.05) is 19.2 Å². The van der Waals surface area contributed by atoms with Gasteiger partial charge < -0.3 is 10.1 Å². The Morgan fingerprint density at radius 1 is 1.05 bits per heavy atom. The highest BCUT2D eigenvalue weighted by Crippen LogP contribution is 2.23. The number of ether oxygens (including phenoxy) is 1. The summed E-state index contributed by atoms with van der Waals surface area (Å²) in [7, 11) is 0. The Morgan fingerprint density at radius 3 is 2.65 bits per heavy atom. The van der Waals surface area contributed by atoms with E-state index < -0.39 is 0 Å². The van der Waals surface area contributed by atoms with Crippen molar-refractivity contribution in [3.63, 3.8) is 0 Å². The van der Waals surface area contributed by atoms with Gasteiger partial charge in [-0.2, -0.15) is 0 Å². The van der Waals surface area contributed by atoms with Crippen LogP contribution in [-0.4, -0.2) is 48.7 Å². The zero-order valence-electron chi connectivity index (χ0n) is 12.5. The molecule has 1 saturated carbocycles. The van der Waals surface area contributed by atoms with Crippen LogP contribution in [-0.2, 0) is 9.53 Å². The number of amides is 1. The summed E-state index contributed by atoms with van der Waals surface area (Å²) in [5, 5.41) is 3.29. The van der Waals surface area contributed by atoms with Gasteiger partial charge in [-0.1, -0.05) is 19.3 Å². The largest absolute Gasteiger partial charge is 0.377 e. The number of nitrogens with zero attached hydrogens (tertiary/aromatic N) is 1. The normalized spacial score (nSPS) is 32.6. The molecule has 1 aliphatic carbocycles. The van der Waals surface area contributed by atoms with Gasteiger partial charge in [0.15, 0.2) is 0 Å². The molecule has 1 N–H and O–H groups in total. The van der Waals surface area contributed by atoms with E-state index in [1.165, 1.54) is 38.5 Å². The number of rotatable bonds is 4. The molecule has 4 heteroatoms. The predicted octanol–water partition coefficient (Wildman–Crippen LogP) is 2.08. The second kappa shape index (κ2) is 6.90. The molecule has 114 valence electrons. The quantitative estimate of drug-likeness (QED) is 0.857. The Balaban J connectivity index is 1.49. The summed E-state index contributed by atoms with van der Waals surface area (Å²) in [6.45, 7) is 2.91. The van der Waals surface area contributed by atoms with E-state index in [0.29, 0.717) is 12.1 Å². The van der Waals surface area contributed by atoms with Crippen LogP contribution >= 0.6 is 0 Å². The lowest BCUT2D eigenvalue weighted by Gasteiger charge is -2.29. The summed E-state index contributed by atoms with van der Waals surface area (Å²) in [6.07, 6.45) is 11.1. The van der Waals surface area contributed by atoms with E-state index in [-0.39, 0.29) is 11.9 Å². The summed E-state index contributed by atoms with van der Waals surface area (Å²) >= 11 is 0. The average Bonchev–Trinajstić information content (AvgIpc) is 3.12. The Labute approximate surface area is 122 Å². The first-order valence-corrected chi connectivity index (χ1v) is 8.49. The lowest BCUT2D eigenvalue weighted by Crippen LogP contribution is -2.49. The van der Waals surface area contributed by atoms with E-state index in [1.807, 2.05) is 0 Å². The maximum atomic E-state index is 12.5. The van der Waals surface area contributed by atoms with Gasteiger partial charge in [-0.3, -0.25) is 9.69 Å². The molecule has 0 spiro atoms. The molecule has 2 atom stereocenters. The lowest BCUT2D eigenvalue weighted by atomic mass is 9.95. The van der Waals surface area contributed by atoms with Crippen molar-refractivity contribution in [2.24, 2.45) is 0 Å². The van der Waals surface area contributed by atoms with Crippen LogP contribution in [0, 0.1) is 0 Å². The highest BCUT2D eigenvalue weighted by atomic mass is 16.5. The van der Waals surface area contributed by atoms with E-state index >= 15 is 0 Å². The summed E-state index contributed by atoms with van der Waals surface area (Å²) in [5.41, 5.74) is 0. The minimum Gasteiger partial charge on any atom is -0.377 e. The maximum Gasteiger partial charge on any atom is 0.237 e. The van der Waals surface area contributed by atoms with Gasteiger partial charge in [0.05, 0.1) is 12.1 Å². The topological polar surface area (TPSA) is 41.6 Å². The minimum absolute atomic E-state index is 0.0983. The monoisotopic (exact) mass is 280 g/mol. The zero-order chi connectivity index (χ0) is 13.8. The van der Waals surface area contributed by atoms with Crippen LogP contribution in [0.3, 0.4) is 0 Å². The molecule has 0 radical (unpaired) electrons. The SMILES string of the molecule is O=C(NC1CCCCC1)[C@H]1CCCN1CC1CCCO1. The smallest absolute Gasteiger partial charge is 0.237 e. The van der Waals surface area contributed by atoms with Crippen molar-refractivity contribution in [1.82, 2.24) is 10.2 Å². The average molecular weight is 280 g/mol. The summed E-state index contributed by atoms with van der Waals surface area (Å²) < 4.78 is 5.72. The Kier molecular flexibility index (Phi) is 4.94. The predicted molar refractivity (Wildman–Crippen MR) is 78.6 cm³/mol. The lowest BCUT2D eigenvalue weighted by molar-refractivity contribution is -0.126. The van der Waals surface area contributed by atoms with Gasteiger partial charge in [-0.15, -0.1) is 0 Å². The number of nitrogens with one attached hydrogen (secondary N) is 1. The van der Waals surface area contributed by atoms with Crippen molar-refractivity contribution in [2.45, 2.75) is 76.0 Å². The fourth-order valence-electron chi connectivity index (χ4n) is 3.94. The van der Waals surface area contributed by atoms with Gasteiger partial charge in [0.25, 0.3) is 0 Å². The highest BCUT2D eigenvalue weighted by Gasteiger charge is 2.33. The van der Waals surface area contributed by atoms with Gasteiger partial charge in [0.2, 0.25) is 5.91 Å². The van der Waals surface area contributed by atoms with Crippen molar-refractivity contribution in [1.29, 1.82) is 0 Å². The molecule has 0 bridgehead atoms. The molecule has 3 rings (SSSR count). The molecule has 20 heavy (non-hydrogen) atoms. The van der Waals surface area contributed by atoms with Crippen LogP contribution in [0.4, 0.5) is 0 Å². The number of hydrogen-bond donors (Lipinski definition) is 1. The van der Waals surface area contributed by atoms with Crippen molar-refractivity contribution in [2.75, 3.05) is 19.7 Å². The fourth-order valence-corrected chi connectivity index (χ4v) is 3.94. The molecule has 2 saturated heterocycles. The maximum absolute atomic E-state index is 12.5. The fraction of sp³-hybridized carbons (Fsp3) is 0.938. The third-order valence-electron chi connectivity index (χ3n) is 5.08. The highest BCUT2D eigenvalue weighted by molar-refractivity contribution is 5.82. The van der Waals surface area contributed by atoms with Crippen molar-refractivity contribution in [3.05, 3.63) is 0 Å². The first kappa shape index (κ1) is 14.3. The van der Waals surface area contributed by atoms with Gasteiger partial charge in [0.1, 0.15) is 0 Å². The van der Waals surface area contributed by atoms with Crippen LogP contribution in [0.25, 0.3) is 0 Å². The number of hydrogen-bond acceptors (Lipinski definition) is 3. The first-order chi connectivity index (χ1) is 9.83. The molecule has 3 fully saturated rings. The molecular weight excluding hydrogens is 252 g/mol. The molecule has 4 nitrogen and oxygen atoms in total. The van der Waals surface area contributed by atoms with Crippen molar-refractivity contribution in [3.8, 4) is 0 Å². The second-order valence-electron chi connectivity index (χ2n) is 6.63. The van der Waals surface area contributed by atoms with Crippen LogP contribution in [0.1, 0.15) is 57.8 Å². The van der Waals surface area contributed by atoms with E-state index in [4.69, 9.17) is 4.74 Å². The van der Waals surface area contributed by atoms with Crippen LogP contribution in [0.15, 0.2) is 0 Å². The van der Waals surface area contributed by atoms with E-state index in [1.54, 1.807) is 0 Å². The van der Waals surface area contributed by atoms with Gasteiger partial charge >= 0.3 is 0 Å². The number of carbonyl (C=O) groups excluding carboxylic acids is 1. The number of likely N-dealkylation sites (tertiary alicyclic amines) is 1. The Hall–Kier alpha value is -0.610. The molecule has 2 aliphatic heterocycles. The molecule has 3 aliphatic rings. The molecule has 0 aromatic carbocycles. The summed E-state index contributed by atoms with van der Waals surface area (Å²) in [5.74, 6) is 0.271. The second-order valence-corrected chi connectivity index (χ2v) is 6.63. The van der Waals surface area contributed by atoms with Gasteiger partial charge in [-0.05, 0) is 45.1 Å². The zero-order valence-corrected chi connectivity index (χ0v) is 12.5. The van der Waals surface area contributed by atoms with Crippen molar-refractivity contribution >= 4 is 5.91 Å². The Morgan fingerprint density at radius 2 is 1.90 bits per heavy atom. The third kappa shape index (κ3) is 3.53. The summed E-state index contributed by atoms with van der Waals surface area (Å²) in [4.78, 5) is 14.9. The standard InChI is InChI=1S/C16H28N2O2/c19-16(17-13-6-2-1-3-7-13)15-9-4-10-18(15)12-14-8-5-11-20-14/h13-15H,1-12H2,(H,17,19)/t14?,15-/m1/s1. The summed E-state index contributed by atoms with van der Waals surface area (Å²) in [6, 6.07) is 0.530. The van der Waals surface area contributed by atoms with Crippen molar-refractivity contribution < 1.29 is 9.53 Å². The van der Waals surface area contributed by atoms with Gasteiger partial charge in [-0.25, -0.2) is 0 Å². The molecule has 1 unspecified atom stereocenters. The molecule has 0 aromatic heterocycles. The molecule has 0 aromatic rings. The van der Waals surface area contributed by atoms with E-state index in [0.717, 1.165) is 39.0 Å². The van der Waals surface area contributed by atoms with E-state index in [9.17, 15) is 4.79 Å². The van der Waals surface area contributed by atoms with E-state index in [2.05, 4.69) is 10.2 Å². The third-order valence-corrected chi connectivity index (χ3v) is 5.08. The number of carbonyl (C=O) groups is 1. The molecular formula is C16H28N2O2.